The molecular formula is C21H23FN4. The van der Waals surface area contributed by atoms with E-state index in [0.29, 0.717) is 12.1 Å². The third-order valence-electron chi connectivity index (χ3n) is 5.18. The first-order chi connectivity index (χ1) is 12.6. The normalized spacial score (nSPS) is 16.5. The highest BCUT2D eigenvalue weighted by Crippen LogP contribution is 2.29. The van der Waals surface area contributed by atoms with Crippen LogP contribution in [0.4, 0.5) is 4.39 Å². The molecule has 0 fully saturated rings. The minimum absolute atomic E-state index is 0.187. The number of pyridine rings is 1. The Balaban J connectivity index is 1.52. The lowest BCUT2D eigenvalue weighted by Crippen LogP contribution is -2.26. The maximum atomic E-state index is 14.7. The Morgan fingerprint density at radius 2 is 2.19 bits per heavy atom. The third kappa shape index (κ3) is 3.15. The van der Waals surface area contributed by atoms with E-state index < -0.39 is 0 Å². The van der Waals surface area contributed by atoms with Crippen LogP contribution < -0.4 is 5.32 Å². The highest BCUT2D eigenvalue weighted by molar-refractivity contribution is 5.63. The molecule has 26 heavy (non-hydrogen) atoms. The first-order valence-electron chi connectivity index (χ1n) is 9.08. The number of nitrogens with one attached hydrogen (secondary N) is 1. The molecule has 1 unspecified atom stereocenters. The summed E-state index contributed by atoms with van der Waals surface area (Å²) >= 11 is 0. The van der Waals surface area contributed by atoms with Crippen LogP contribution in [0.15, 0.2) is 42.7 Å². The van der Waals surface area contributed by atoms with Gasteiger partial charge in [0, 0.05) is 30.9 Å². The Hall–Kier alpha value is -2.53. The molecule has 1 aliphatic carbocycles. The fourth-order valence-electron chi connectivity index (χ4n) is 3.84. The zero-order valence-corrected chi connectivity index (χ0v) is 15.2. The van der Waals surface area contributed by atoms with Crippen molar-refractivity contribution in [1.82, 2.24) is 20.1 Å². The van der Waals surface area contributed by atoms with Gasteiger partial charge in [0.1, 0.15) is 5.82 Å². The van der Waals surface area contributed by atoms with E-state index in [0.717, 1.165) is 41.8 Å². The van der Waals surface area contributed by atoms with Crippen molar-refractivity contribution in [2.75, 3.05) is 0 Å². The number of hydrogen-bond donors (Lipinski definition) is 1. The number of rotatable bonds is 4. The molecule has 1 aromatic carbocycles. The van der Waals surface area contributed by atoms with E-state index in [1.807, 2.05) is 38.4 Å². The van der Waals surface area contributed by atoms with E-state index >= 15 is 0 Å². The maximum absolute atomic E-state index is 14.7. The van der Waals surface area contributed by atoms with Gasteiger partial charge in [0.05, 0.1) is 23.6 Å². The Morgan fingerprint density at radius 3 is 2.96 bits per heavy atom. The number of aromatic nitrogens is 3. The average Bonchev–Trinajstić information content (AvgIpc) is 2.99. The van der Waals surface area contributed by atoms with E-state index in [-0.39, 0.29) is 11.9 Å². The van der Waals surface area contributed by atoms with E-state index in [1.54, 1.807) is 16.9 Å². The number of hydrogen-bond acceptors (Lipinski definition) is 3. The highest BCUT2D eigenvalue weighted by Gasteiger charge is 2.21. The van der Waals surface area contributed by atoms with Crippen molar-refractivity contribution in [3.63, 3.8) is 0 Å². The molecule has 0 saturated heterocycles. The van der Waals surface area contributed by atoms with Crippen molar-refractivity contribution >= 4 is 0 Å². The topological polar surface area (TPSA) is 42.7 Å². The molecule has 1 atom stereocenters. The molecule has 134 valence electrons. The number of halogens is 1. The van der Waals surface area contributed by atoms with Crippen molar-refractivity contribution in [3.05, 3.63) is 70.9 Å². The third-order valence-corrected chi connectivity index (χ3v) is 5.18. The Morgan fingerprint density at radius 1 is 1.31 bits per heavy atom. The Labute approximate surface area is 153 Å². The lowest BCUT2D eigenvalue weighted by molar-refractivity contribution is 0.442. The van der Waals surface area contributed by atoms with Crippen LogP contribution in [0.25, 0.3) is 11.3 Å². The van der Waals surface area contributed by atoms with Crippen molar-refractivity contribution in [3.8, 4) is 11.3 Å². The molecule has 0 spiro atoms. The van der Waals surface area contributed by atoms with Gasteiger partial charge in [-0.15, -0.1) is 0 Å². The summed E-state index contributed by atoms with van der Waals surface area (Å²) in [7, 11) is 1.88. The number of nitrogens with zero attached hydrogens (tertiary/aromatic N) is 3. The van der Waals surface area contributed by atoms with Gasteiger partial charge in [-0.1, -0.05) is 18.2 Å². The zero-order valence-electron chi connectivity index (χ0n) is 15.2. The molecular weight excluding hydrogens is 327 g/mol. The largest absolute Gasteiger partial charge is 0.304 e. The number of fused-ring (bicyclic) bond motifs is 1. The van der Waals surface area contributed by atoms with Crippen molar-refractivity contribution in [2.45, 2.75) is 38.8 Å². The predicted molar refractivity (Wildman–Crippen MR) is 100 cm³/mol. The fourth-order valence-corrected chi connectivity index (χ4v) is 3.84. The smallest absolute Gasteiger partial charge is 0.128 e. The molecule has 3 aromatic rings. The fraction of sp³-hybridized carbons (Fsp3) is 0.333. The second-order valence-corrected chi connectivity index (χ2v) is 6.98. The van der Waals surface area contributed by atoms with Gasteiger partial charge >= 0.3 is 0 Å². The van der Waals surface area contributed by atoms with Crippen molar-refractivity contribution in [1.29, 1.82) is 0 Å². The molecule has 2 heterocycles. The maximum Gasteiger partial charge on any atom is 0.128 e. The summed E-state index contributed by atoms with van der Waals surface area (Å²) in [5.74, 6) is -0.187. The summed E-state index contributed by atoms with van der Waals surface area (Å²) in [5.41, 5.74) is 5.95. The summed E-state index contributed by atoms with van der Waals surface area (Å²) in [5, 5.41) is 7.73. The lowest BCUT2D eigenvalue weighted by atomic mass is 9.92. The molecule has 2 aromatic heterocycles. The van der Waals surface area contributed by atoms with E-state index in [2.05, 4.69) is 21.5 Å². The summed E-state index contributed by atoms with van der Waals surface area (Å²) in [6.07, 6.45) is 6.89. The van der Waals surface area contributed by atoms with Crippen LogP contribution in [-0.2, 0) is 20.0 Å². The molecule has 4 nitrogen and oxygen atoms in total. The Kier molecular flexibility index (Phi) is 4.55. The first-order valence-corrected chi connectivity index (χ1v) is 9.08. The SMILES string of the molecule is Cc1cnn(C)c1-c1ccc(CNC2CCCc3cccnc32)c(F)c1. The van der Waals surface area contributed by atoms with Gasteiger partial charge in [0.25, 0.3) is 0 Å². The van der Waals surface area contributed by atoms with Crippen LogP contribution in [0, 0.1) is 12.7 Å². The second kappa shape index (κ2) is 7.00. The lowest BCUT2D eigenvalue weighted by Gasteiger charge is -2.25. The average molecular weight is 350 g/mol. The second-order valence-electron chi connectivity index (χ2n) is 6.98. The quantitative estimate of drug-likeness (QED) is 0.770. The molecule has 5 heteroatoms. The standard InChI is InChI=1S/C21H23FN4/c1-14-12-25-26(2)21(14)16-8-9-17(18(22)11-16)13-24-19-7-3-5-15-6-4-10-23-20(15)19/h4,6,8-12,19,24H,3,5,7,13H2,1-2H3. The van der Waals surface area contributed by atoms with E-state index in [4.69, 9.17) is 0 Å². The number of aryl methyl sites for hydroxylation is 3. The van der Waals surface area contributed by atoms with Crippen LogP contribution in [0.3, 0.4) is 0 Å². The molecule has 4 rings (SSSR count). The summed E-state index contributed by atoms with van der Waals surface area (Å²) in [6.45, 7) is 2.49. The van der Waals surface area contributed by atoms with Gasteiger partial charge in [0.2, 0.25) is 0 Å². The summed E-state index contributed by atoms with van der Waals surface area (Å²) < 4.78 is 16.5. The van der Waals surface area contributed by atoms with Crippen LogP contribution in [0.5, 0.6) is 0 Å². The zero-order chi connectivity index (χ0) is 18.1. The van der Waals surface area contributed by atoms with Gasteiger partial charge in [-0.2, -0.15) is 5.10 Å². The molecule has 1 N–H and O–H groups in total. The highest BCUT2D eigenvalue weighted by atomic mass is 19.1. The first kappa shape index (κ1) is 16.9. The monoisotopic (exact) mass is 350 g/mol. The van der Waals surface area contributed by atoms with Crippen LogP contribution in [0.1, 0.15) is 41.3 Å². The van der Waals surface area contributed by atoms with Crippen molar-refractivity contribution < 1.29 is 4.39 Å². The van der Waals surface area contributed by atoms with Gasteiger partial charge in [-0.25, -0.2) is 4.39 Å². The molecule has 1 aliphatic rings. The summed E-state index contributed by atoms with van der Waals surface area (Å²) in [6, 6.07) is 9.76. The van der Waals surface area contributed by atoms with Gasteiger partial charge in [-0.05, 0) is 49.4 Å². The molecule has 0 radical (unpaired) electrons. The van der Waals surface area contributed by atoms with Crippen molar-refractivity contribution in [2.24, 2.45) is 7.05 Å². The molecule has 0 amide bonds. The van der Waals surface area contributed by atoms with Gasteiger partial charge in [0.15, 0.2) is 0 Å². The van der Waals surface area contributed by atoms with Gasteiger partial charge < -0.3 is 5.32 Å². The molecule has 0 saturated carbocycles. The minimum atomic E-state index is -0.187. The van der Waals surface area contributed by atoms with E-state index in [9.17, 15) is 4.39 Å². The van der Waals surface area contributed by atoms with Crippen LogP contribution in [-0.4, -0.2) is 14.8 Å². The van der Waals surface area contributed by atoms with Gasteiger partial charge in [-0.3, -0.25) is 9.67 Å². The van der Waals surface area contributed by atoms with Crippen LogP contribution in [0.2, 0.25) is 0 Å². The molecule has 0 bridgehead atoms. The predicted octanol–water partition coefficient (Wildman–Crippen LogP) is 4.10. The Bertz CT molecular complexity index is 912. The minimum Gasteiger partial charge on any atom is -0.304 e. The number of benzene rings is 1. The summed E-state index contributed by atoms with van der Waals surface area (Å²) in [4.78, 5) is 4.54. The van der Waals surface area contributed by atoms with Crippen LogP contribution >= 0.6 is 0 Å². The van der Waals surface area contributed by atoms with E-state index in [1.165, 1.54) is 5.56 Å². The molecule has 0 aliphatic heterocycles.